The molecular formula is C17H21ClN4. The summed E-state index contributed by atoms with van der Waals surface area (Å²) >= 11 is 6.26. The molecule has 2 N–H and O–H groups in total. The summed E-state index contributed by atoms with van der Waals surface area (Å²) in [6.45, 7) is 6.02. The maximum atomic E-state index is 6.26. The van der Waals surface area contributed by atoms with Crippen molar-refractivity contribution in [2.75, 3.05) is 18.0 Å². The fourth-order valence-electron chi connectivity index (χ4n) is 3.05. The van der Waals surface area contributed by atoms with Gasteiger partial charge in [0.15, 0.2) is 5.82 Å². The third-order valence-corrected chi connectivity index (χ3v) is 4.53. The number of rotatable bonds is 2. The number of halogens is 1. The summed E-state index contributed by atoms with van der Waals surface area (Å²) < 4.78 is 0. The van der Waals surface area contributed by atoms with Crippen LogP contribution in [0.1, 0.15) is 24.2 Å². The third kappa shape index (κ3) is 2.94. The summed E-state index contributed by atoms with van der Waals surface area (Å²) in [5.74, 6) is 0.693. The highest BCUT2D eigenvalue weighted by atomic mass is 35.5. The number of anilines is 1. The summed E-state index contributed by atoms with van der Waals surface area (Å²) in [5.41, 5.74) is 10.0. The number of hydrogen-bond acceptors (Lipinski definition) is 4. The summed E-state index contributed by atoms with van der Waals surface area (Å²) in [4.78, 5) is 11.7. The van der Waals surface area contributed by atoms with Crippen molar-refractivity contribution in [2.45, 2.75) is 32.7 Å². The van der Waals surface area contributed by atoms with Crippen LogP contribution in [-0.2, 0) is 0 Å². The van der Waals surface area contributed by atoms with Gasteiger partial charge in [0.25, 0.3) is 0 Å². The Morgan fingerprint density at radius 1 is 1.09 bits per heavy atom. The second kappa shape index (κ2) is 6.23. The van der Waals surface area contributed by atoms with E-state index in [9.17, 15) is 0 Å². The van der Waals surface area contributed by atoms with Gasteiger partial charge in [0.05, 0.1) is 22.1 Å². The molecule has 2 heterocycles. The van der Waals surface area contributed by atoms with Gasteiger partial charge in [0.2, 0.25) is 0 Å². The Kier molecular flexibility index (Phi) is 4.32. The fraction of sp³-hybridized carbons (Fsp3) is 0.412. The number of benzene rings is 1. The second-order valence-corrected chi connectivity index (χ2v) is 6.28. The molecule has 116 valence electrons. The first-order valence-corrected chi connectivity index (χ1v) is 8.04. The molecule has 0 unspecified atom stereocenters. The molecule has 1 saturated heterocycles. The van der Waals surface area contributed by atoms with Crippen LogP contribution >= 0.6 is 11.6 Å². The Labute approximate surface area is 136 Å². The van der Waals surface area contributed by atoms with Crippen molar-refractivity contribution < 1.29 is 0 Å². The van der Waals surface area contributed by atoms with Gasteiger partial charge in [-0.15, -0.1) is 0 Å². The number of hydrogen-bond donors (Lipinski definition) is 1. The molecule has 0 amide bonds. The van der Waals surface area contributed by atoms with Gasteiger partial charge in [-0.1, -0.05) is 23.7 Å². The Morgan fingerprint density at radius 2 is 1.68 bits per heavy atom. The highest BCUT2D eigenvalue weighted by molar-refractivity contribution is 6.33. The topological polar surface area (TPSA) is 55.0 Å². The zero-order valence-electron chi connectivity index (χ0n) is 13.0. The van der Waals surface area contributed by atoms with Gasteiger partial charge in [-0.05, 0) is 38.8 Å². The van der Waals surface area contributed by atoms with Crippen LogP contribution in [0.3, 0.4) is 0 Å². The molecule has 1 aromatic heterocycles. The molecule has 0 spiro atoms. The Hall–Kier alpha value is -1.65. The van der Waals surface area contributed by atoms with E-state index in [1.54, 1.807) is 0 Å². The predicted octanol–water partition coefficient (Wildman–Crippen LogP) is 3.34. The number of aryl methyl sites for hydroxylation is 2. The van der Waals surface area contributed by atoms with Gasteiger partial charge in [0, 0.05) is 24.7 Å². The lowest BCUT2D eigenvalue weighted by molar-refractivity contribution is 0.499. The fourth-order valence-corrected chi connectivity index (χ4v) is 3.27. The number of nitrogens with two attached hydrogens (primary N) is 1. The van der Waals surface area contributed by atoms with E-state index in [4.69, 9.17) is 27.3 Å². The number of nitrogens with zero attached hydrogens (tertiary/aromatic N) is 3. The lowest BCUT2D eigenvalue weighted by atomic mass is 10.0. The van der Waals surface area contributed by atoms with Crippen molar-refractivity contribution >= 4 is 17.3 Å². The van der Waals surface area contributed by atoms with Gasteiger partial charge in [-0.3, -0.25) is 0 Å². The molecule has 1 aliphatic heterocycles. The van der Waals surface area contributed by atoms with E-state index >= 15 is 0 Å². The van der Waals surface area contributed by atoms with Gasteiger partial charge in [-0.2, -0.15) is 0 Å². The Morgan fingerprint density at radius 3 is 2.27 bits per heavy atom. The highest BCUT2D eigenvalue weighted by Gasteiger charge is 2.21. The largest absolute Gasteiger partial charge is 0.368 e. The van der Waals surface area contributed by atoms with E-state index in [0.717, 1.165) is 48.6 Å². The summed E-state index contributed by atoms with van der Waals surface area (Å²) in [7, 11) is 0. The number of piperidine rings is 1. The first kappa shape index (κ1) is 15.3. The molecule has 1 aromatic carbocycles. The minimum atomic E-state index is 0.320. The van der Waals surface area contributed by atoms with Crippen LogP contribution in [0.25, 0.3) is 11.4 Å². The van der Waals surface area contributed by atoms with Gasteiger partial charge >= 0.3 is 0 Å². The quantitative estimate of drug-likeness (QED) is 0.923. The van der Waals surface area contributed by atoms with Crippen molar-refractivity contribution in [3.05, 3.63) is 40.7 Å². The Bertz CT molecular complexity index is 655. The minimum absolute atomic E-state index is 0.320. The molecule has 1 fully saturated rings. The molecule has 5 heteroatoms. The molecule has 1 aliphatic rings. The van der Waals surface area contributed by atoms with Gasteiger partial charge in [0.1, 0.15) is 0 Å². The molecule has 0 aliphatic carbocycles. The molecule has 2 aromatic rings. The molecule has 22 heavy (non-hydrogen) atoms. The van der Waals surface area contributed by atoms with Gasteiger partial charge < -0.3 is 10.6 Å². The zero-order valence-corrected chi connectivity index (χ0v) is 13.8. The van der Waals surface area contributed by atoms with Crippen LogP contribution < -0.4 is 10.6 Å². The van der Waals surface area contributed by atoms with E-state index in [0.29, 0.717) is 16.9 Å². The van der Waals surface area contributed by atoms with Gasteiger partial charge in [-0.25, -0.2) is 9.97 Å². The molecule has 3 rings (SSSR count). The molecule has 0 radical (unpaired) electrons. The highest BCUT2D eigenvalue weighted by Crippen LogP contribution is 2.30. The average Bonchev–Trinajstić information content (AvgIpc) is 2.49. The molecule has 0 saturated carbocycles. The normalized spacial score (nSPS) is 16.1. The second-order valence-electron chi connectivity index (χ2n) is 5.87. The Balaban J connectivity index is 1.97. The summed E-state index contributed by atoms with van der Waals surface area (Å²) in [6, 6.07) is 8.01. The summed E-state index contributed by atoms with van der Waals surface area (Å²) in [6.07, 6.45) is 2.04. The maximum Gasteiger partial charge on any atom is 0.161 e. The van der Waals surface area contributed by atoms with Crippen LogP contribution in [-0.4, -0.2) is 29.1 Å². The smallest absolute Gasteiger partial charge is 0.161 e. The van der Waals surface area contributed by atoms with Crippen molar-refractivity contribution in [1.29, 1.82) is 0 Å². The van der Waals surface area contributed by atoms with Crippen molar-refractivity contribution in [1.82, 2.24) is 9.97 Å². The van der Waals surface area contributed by atoms with E-state index in [1.807, 2.05) is 38.1 Å². The van der Waals surface area contributed by atoms with Crippen LogP contribution in [0.5, 0.6) is 0 Å². The molecular weight excluding hydrogens is 296 g/mol. The summed E-state index contributed by atoms with van der Waals surface area (Å²) in [5, 5.41) is 0.679. The van der Waals surface area contributed by atoms with Crippen LogP contribution in [0.4, 0.5) is 5.69 Å². The van der Waals surface area contributed by atoms with E-state index < -0.39 is 0 Å². The number of aromatic nitrogens is 2. The lowest BCUT2D eigenvalue weighted by Gasteiger charge is -2.33. The van der Waals surface area contributed by atoms with E-state index in [2.05, 4.69) is 4.90 Å². The van der Waals surface area contributed by atoms with Crippen molar-refractivity contribution in [2.24, 2.45) is 5.73 Å². The molecule has 0 bridgehead atoms. The standard InChI is InChI=1S/C17H21ClN4/c1-11-16(22-9-7-13(19)8-10-22)12(2)21-17(20-11)14-5-3-4-6-15(14)18/h3-6,13H,7-10,19H2,1-2H3. The minimum Gasteiger partial charge on any atom is -0.368 e. The van der Waals surface area contributed by atoms with Crippen LogP contribution in [0, 0.1) is 13.8 Å². The third-order valence-electron chi connectivity index (χ3n) is 4.20. The maximum absolute atomic E-state index is 6.26. The van der Waals surface area contributed by atoms with Crippen molar-refractivity contribution in [3.63, 3.8) is 0 Å². The van der Waals surface area contributed by atoms with Crippen molar-refractivity contribution in [3.8, 4) is 11.4 Å². The molecule has 0 atom stereocenters. The van der Waals surface area contributed by atoms with E-state index in [-0.39, 0.29) is 0 Å². The van der Waals surface area contributed by atoms with Crippen LogP contribution in [0.15, 0.2) is 24.3 Å². The van der Waals surface area contributed by atoms with Crippen LogP contribution in [0.2, 0.25) is 5.02 Å². The monoisotopic (exact) mass is 316 g/mol. The zero-order chi connectivity index (χ0) is 15.7. The molecule has 4 nitrogen and oxygen atoms in total. The first-order valence-electron chi connectivity index (χ1n) is 7.67. The lowest BCUT2D eigenvalue weighted by Crippen LogP contribution is -2.40. The average molecular weight is 317 g/mol. The van der Waals surface area contributed by atoms with E-state index in [1.165, 1.54) is 0 Å². The predicted molar refractivity (Wildman–Crippen MR) is 91.4 cm³/mol. The SMILES string of the molecule is Cc1nc(-c2ccccc2Cl)nc(C)c1N1CCC(N)CC1. The first-order chi connectivity index (χ1) is 10.6.